The average Bonchev–Trinajstić information content (AvgIpc) is 2.02. The van der Waals surface area contributed by atoms with Crippen molar-refractivity contribution in [3.63, 3.8) is 0 Å². The molecule has 0 aromatic carbocycles. The zero-order chi connectivity index (χ0) is 12.7. The highest BCUT2D eigenvalue weighted by Crippen LogP contribution is 2.56. The second-order valence-corrected chi connectivity index (χ2v) is 6.44. The molecular formula is C15H28. The van der Waals surface area contributed by atoms with E-state index >= 15 is 0 Å². The van der Waals surface area contributed by atoms with Gasteiger partial charge in [-0.05, 0) is 30.1 Å². The van der Waals surface area contributed by atoms with Crippen molar-refractivity contribution >= 4 is 0 Å². The predicted molar refractivity (Wildman–Crippen MR) is 71.0 cm³/mol. The topological polar surface area (TPSA) is 0 Å². The molecule has 0 saturated carbocycles. The largest absolute Gasteiger partial charge is 0.0996 e. The molecule has 0 aromatic rings. The Bertz CT molecular complexity index is 246. The van der Waals surface area contributed by atoms with Crippen molar-refractivity contribution in [2.45, 2.75) is 55.4 Å². The van der Waals surface area contributed by atoms with Crippen LogP contribution in [0.2, 0.25) is 0 Å². The molecule has 0 unspecified atom stereocenters. The smallest absolute Gasteiger partial charge is 0.00908 e. The summed E-state index contributed by atoms with van der Waals surface area (Å²) in [5.41, 5.74) is 2.83. The highest BCUT2D eigenvalue weighted by atomic mass is 14.5. The summed E-state index contributed by atoms with van der Waals surface area (Å²) in [5, 5.41) is 0. The third-order valence-corrected chi connectivity index (χ3v) is 5.26. The quantitative estimate of drug-likeness (QED) is 0.556. The van der Waals surface area contributed by atoms with Crippen LogP contribution in [0.3, 0.4) is 0 Å². The van der Waals surface area contributed by atoms with Crippen LogP contribution < -0.4 is 0 Å². The Morgan fingerprint density at radius 1 is 0.667 bits per heavy atom. The lowest BCUT2D eigenvalue weighted by Crippen LogP contribution is -2.45. The van der Waals surface area contributed by atoms with Gasteiger partial charge in [0.25, 0.3) is 0 Å². The molecule has 0 nitrogen and oxygen atoms in total. The Balaban J connectivity index is 5.50. The third kappa shape index (κ3) is 2.04. The van der Waals surface area contributed by atoms with Gasteiger partial charge in [0.2, 0.25) is 0 Å². The van der Waals surface area contributed by atoms with Gasteiger partial charge in [-0.2, -0.15) is 0 Å². The van der Waals surface area contributed by atoms with E-state index in [0.29, 0.717) is 0 Å². The number of rotatable bonds is 4. The van der Waals surface area contributed by atoms with Crippen LogP contribution in [0.1, 0.15) is 55.4 Å². The molecule has 0 radical (unpaired) electrons. The first-order valence-electron chi connectivity index (χ1n) is 5.71. The van der Waals surface area contributed by atoms with Crippen molar-refractivity contribution in [2.24, 2.45) is 16.2 Å². The van der Waals surface area contributed by atoms with E-state index in [1.165, 1.54) is 11.1 Å². The first-order chi connectivity index (χ1) is 6.39. The van der Waals surface area contributed by atoms with E-state index in [2.05, 4.69) is 68.5 Å². The minimum Gasteiger partial charge on any atom is -0.0996 e. The van der Waals surface area contributed by atoms with Gasteiger partial charge in [0, 0.05) is 0 Å². The fourth-order valence-corrected chi connectivity index (χ4v) is 1.85. The Labute approximate surface area is 96.5 Å². The number of hydrogen-bond acceptors (Lipinski definition) is 0. The minimum absolute atomic E-state index is 0.107. The summed E-state index contributed by atoms with van der Waals surface area (Å²) in [6.07, 6.45) is 0. The van der Waals surface area contributed by atoms with E-state index in [9.17, 15) is 0 Å². The van der Waals surface area contributed by atoms with Gasteiger partial charge in [0.05, 0.1) is 0 Å². The van der Waals surface area contributed by atoms with E-state index in [1.807, 2.05) is 0 Å². The fraction of sp³-hybridized carbons (Fsp3) is 0.733. The maximum Gasteiger partial charge on any atom is -0.00908 e. The molecule has 88 valence electrons. The minimum atomic E-state index is 0.107. The van der Waals surface area contributed by atoms with Gasteiger partial charge in [0.15, 0.2) is 0 Å². The highest BCUT2D eigenvalue weighted by Gasteiger charge is 2.48. The molecule has 0 saturated heterocycles. The van der Waals surface area contributed by atoms with Crippen molar-refractivity contribution < 1.29 is 0 Å². The van der Waals surface area contributed by atoms with Crippen LogP contribution in [0.5, 0.6) is 0 Å². The molecule has 0 N–H and O–H groups in total. The predicted octanol–water partition coefficient (Wildman–Crippen LogP) is 5.22. The molecule has 0 spiro atoms. The first-order valence-corrected chi connectivity index (χ1v) is 5.71. The van der Waals surface area contributed by atoms with Gasteiger partial charge < -0.3 is 0 Å². The summed E-state index contributed by atoms with van der Waals surface area (Å²) in [5.74, 6) is 0. The van der Waals surface area contributed by atoms with E-state index in [-0.39, 0.29) is 16.2 Å². The molecule has 0 atom stereocenters. The lowest BCUT2D eigenvalue weighted by Gasteiger charge is -2.53. The molecule has 0 aromatic heterocycles. The molecule has 15 heavy (non-hydrogen) atoms. The second kappa shape index (κ2) is 3.81. The van der Waals surface area contributed by atoms with Crippen molar-refractivity contribution in [2.75, 3.05) is 0 Å². The van der Waals surface area contributed by atoms with Crippen LogP contribution in [0.4, 0.5) is 0 Å². The van der Waals surface area contributed by atoms with Crippen LogP contribution in [-0.2, 0) is 0 Å². The number of hydrogen-bond donors (Lipinski definition) is 0. The van der Waals surface area contributed by atoms with Crippen LogP contribution in [0.25, 0.3) is 0 Å². The van der Waals surface area contributed by atoms with Crippen LogP contribution >= 0.6 is 0 Å². The van der Waals surface area contributed by atoms with Crippen LogP contribution in [-0.4, -0.2) is 0 Å². The molecule has 0 aliphatic carbocycles. The summed E-state index contributed by atoms with van der Waals surface area (Å²) in [4.78, 5) is 0. The van der Waals surface area contributed by atoms with E-state index in [0.717, 1.165) is 0 Å². The van der Waals surface area contributed by atoms with Crippen molar-refractivity contribution in [3.8, 4) is 0 Å². The average molecular weight is 208 g/mol. The maximum absolute atomic E-state index is 4.14. The summed E-state index contributed by atoms with van der Waals surface area (Å²) in [7, 11) is 0. The van der Waals surface area contributed by atoms with E-state index in [1.54, 1.807) is 0 Å². The third-order valence-electron chi connectivity index (χ3n) is 5.26. The molecule has 0 aliphatic heterocycles. The van der Waals surface area contributed by atoms with E-state index in [4.69, 9.17) is 0 Å². The van der Waals surface area contributed by atoms with Crippen molar-refractivity contribution in [1.82, 2.24) is 0 Å². The molecular weight excluding hydrogens is 180 g/mol. The zero-order valence-corrected chi connectivity index (χ0v) is 11.9. The Morgan fingerprint density at radius 2 is 0.867 bits per heavy atom. The summed E-state index contributed by atoms with van der Waals surface area (Å²) < 4.78 is 0. The first kappa shape index (κ1) is 14.5. The van der Waals surface area contributed by atoms with E-state index < -0.39 is 0 Å². The molecule has 0 rings (SSSR count). The van der Waals surface area contributed by atoms with Gasteiger partial charge in [-0.25, -0.2) is 0 Å². The van der Waals surface area contributed by atoms with Gasteiger partial charge in [-0.1, -0.05) is 65.8 Å². The molecule has 0 heteroatoms. The monoisotopic (exact) mass is 208 g/mol. The maximum atomic E-state index is 4.14. The normalized spacial score (nSPS) is 13.9. The number of allylic oxidation sites excluding steroid dienone is 2. The standard InChI is InChI=1S/C15H28/c1-11(2)13(5,6)15(9,10)14(7,8)12(3)4/h1,3H2,2,4-10H3. The fourth-order valence-electron chi connectivity index (χ4n) is 1.85. The molecule has 0 fully saturated rings. The van der Waals surface area contributed by atoms with Crippen LogP contribution in [0.15, 0.2) is 24.3 Å². The molecule has 0 heterocycles. The molecule has 0 amide bonds. The lowest BCUT2D eigenvalue weighted by molar-refractivity contribution is 0.0311. The van der Waals surface area contributed by atoms with Crippen LogP contribution in [0, 0.1) is 16.2 Å². The summed E-state index contributed by atoms with van der Waals surface area (Å²) in [6, 6.07) is 0. The summed E-state index contributed by atoms with van der Waals surface area (Å²) in [6.45, 7) is 26.3. The van der Waals surface area contributed by atoms with Gasteiger partial charge in [-0.3, -0.25) is 0 Å². The molecule has 0 aliphatic rings. The zero-order valence-electron chi connectivity index (χ0n) is 11.9. The lowest BCUT2D eigenvalue weighted by atomic mass is 9.51. The van der Waals surface area contributed by atoms with Crippen molar-refractivity contribution in [1.29, 1.82) is 0 Å². The molecule has 0 bridgehead atoms. The highest BCUT2D eigenvalue weighted by molar-refractivity contribution is 5.19. The Kier molecular flexibility index (Phi) is 3.68. The Hall–Kier alpha value is -0.520. The second-order valence-electron chi connectivity index (χ2n) is 6.44. The SMILES string of the molecule is C=C(C)C(C)(C)C(C)(C)C(C)(C)C(=C)C. The van der Waals surface area contributed by atoms with Gasteiger partial charge >= 0.3 is 0 Å². The van der Waals surface area contributed by atoms with Gasteiger partial charge in [-0.15, -0.1) is 0 Å². The Morgan fingerprint density at radius 3 is 1.00 bits per heavy atom. The summed E-state index contributed by atoms with van der Waals surface area (Å²) >= 11 is 0. The van der Waals surface area contributed by atoms with Crippen molar-refractivity contribution in [3.05, 3.63) is 24.3 Å². The van der Waals surface area contributed by atoms with Gasteiger partial charge in [0.1, 0.15) is 0 Å².